The number of benzene rings is 2. The first-order valence-electron chi connectivity index (χ1n) is 10.3. The SMILES string of the molecule is CC[C@@H](C)NC(=O)[C@H](C)N(Cc1ccc(Cl)cc1)C(=O)COc1cc(C)ccc1C. The van der Waals surface area contributed by atoms with Crippen molar-refractivity contribution in [3.63, 3.8) is 0 Å². The lowest BCUT2D eigenvalue weighted by molar-refractivity contribution is -0.142. The summed E-state index contributed by atoms with van der Waals surface area (Å²) in [5.41, 5.74) is 2.91. The fourth-order valence-electron chi connectivity index (χ4n) is 2.92. The number of carbonyl (C=O) groups is 2. The summed E-state index contributed by atoms with van der Waals surface area (Å²) in [6.45, 7) is 9.75. The molecule has 2 aromatic carbocycles. The van der Waals surface area contributed by atoms with Gasteiger partial charge in [0.2, 0.25) is 5.91 Å². The van der Waals surface area contributed by atoms with Crippen molar-refractivity contribution in [2.24, 2.45) is 0 Å². The van der Waals surface area contributed by atoms with Crippen LogP contribution in [-0.4, -0.2) is 35.4 Å². The van der Waals surface area contributed by atoms with Gasteiger partial charge in [-0.1, -0.05) is 42.8 Å². The molecule has 30 heavy (non-hydrogen) atoms. The van der Waals surface area contributed by atoms with Crippen LogP contribution in [0.25, 0.3) is 0 Å². The number of hydrogen-bond acceptors (Lipinski definition) is 3. The van der Waals surface area contributed by atoms with E-state index in [1.807, 2.05) is 58.0 Å². The molecule has 0 unspecified atom stereocenters. The van der Waals surface area contributed by atoms with Crippen LogP contribution in [0.4, 0.5) is 0 Å². The molecule has 0 spiro atoms. The minimum Gasteiger partial charge on any atom is -0.483 e. The molecule has 0 aromatic heterocycles. The Kier molecular flexibility index (Phi) is 8.72. The number of aryl methyl sites for hydroxylation is 2. The number of halogens is 1. The van der Waals surface area contributed by atoms with Crippen LogP contribution < -0.4 is 10.1 Å². The van der Waals surface area contributed by atoms with Gasteiger partial charge in [-0.05, 0) is 69.0 Å². The van der Waals surface area contributed by atoms with Crippen molar-refractivity contribution in [2.75, 3.05) is 6.61 Å². The maximum Gasteiger partial charge on any atom is 0.261 e. The molecule has 0 saturated heterocycles. The van der Waals surface area contributed by atoms with E-state index in [1.165, 1.54) is 0 Å². The molecule has 1 N–H and O–H groups in total. The largest absolute Gasteiger partial charge is 0.483 e. The van der Waals surface area contributed by atoms with Crippen molar-refractivity contribution in [2.45, 2.75) is 59.7 Å². The van der Waals surface area contributed by atoms with Gasteiger partial charge in [0.1, 0.15) is 11.8 Å². The van der Waals surface area contributed by atoms with Gasteiger partial charge in [-0.25, -0.2) is 0 Å². The molecule has 0 aliphatic rings. The summed E-state index contributed by atoms with van der Waals surface area (Å²) in [6.07, 6.45) is 0.819. The molecule has 5 nitrogen and oxygen atoms in total. The third-order valence-corrected chi connectivity index (χ3v) is 5.38. The van der Waals surface area contributed by atoms with Gasteiger partial charge < -0.3 is 15.0 Å². The Balaban J connectivity index is 2.17. The second-order valence-electron chi connectivity index (χ2n) is 7.70. The van der Waals surface area contributed by atoms with Crippen molar-refractivity contribution in [1.29, 1.82) is 0 Å². The van der Waals surface area contributed by atoms with E-state index >= 15 is 0 Å². The normalized spacial score (nSPS) is 12.7. The molecule has 2 amide bonds. The Morgan fingerprint density at radius 1 is 1.10 bits per heavy atom. The fraction of sp³-hybridized carbons (Fsp3) is 0.417. The van der Waals surface area contributed by atoms with E-state index in [1.54, 1.807) is 24.0 Å². The molecule has 2 aromatic rings. The highest BCUT2D eigenvalue weighted by Crippen LogP contribution is 2.20. The van der Waals surface area contributed by atoms with Crippen molar-refractivity contribution >= 4 is 23.4 Å². The quantitative estimate of drug-likeness (QED) is 0.629. The van der Waals surface area contributed by atoms with Crippen LogP contribution in [0.2, 0.25) is 5.02 Å². The van der Waals surface area contributed by atoms with E-state index in [0.717, 1.165) is 23.1 Å². The van der Waals surface area contributed by atoms with Crippen LogP contribution in [0.1, 0.15) is 43.9 Å². The zero-order valence-electron chi connectivity index (χ0n) is 18.4. The molecular formula is C24H31ClN2O3. The molecule has 0 aliphatic carbocycles. The highest BCUT2D eigenvalue weighted by Gasteiger charge is 2.27. The summed E-state index contributed by atoms with van der Waals surface area (Å²) in [5.74, 6) is 0.238. The lowest BCUT2D eigenvalue weighted by Gasteiger charge is -2.29. The molecule has 0 radical (unpaired) electrons. The maximum absolute atomic E-state index is 13.1. The van der Waals surface area contributed by atoms with Crippen LogP contribution in [0.5, 0.6) is 5.75 Å². The average molecular weight is 431 g/mol. The second-order valence-corrected chi connectivity index (χ2v) is 8.14. The summed E-state index contributed by atoms with van der Waals surface area (Å²) in [7, 11) is 0. The molecule has 2 atom stereocenters. The van der Waals surface area contributed by atoms with Gasteiger partial charge in [0.25, 0.3) is 5.91 Å². The van der Waals surface area contributed by atoms with Crippen molar-refractivity contribution in [3.8, 4) is 5.75 Å². The standard InChI is InChI=1S/C24H31ClN2O3/c1-6-18(4)26-24(29)19(5)27(14-20-9-11-21(25)12-10-20)23(28)15-30-22-13-16(2)7-8-17(22)3/h7-13,18-19H,6,14-15H2,1-5H3,(H,26,29)/t18-,19+/m1/s1. The molecular weight excluding hydrogens is 400 g/mol. The van der Waals surface area contributed by atoms with E-state index in [0.29, 0.717) is 17.3 Å². The summed E-state index contributed by atoms with van der Waals surface area (Å²) < 4.78 is 5.81. The first kappa shape index (κ1) is 23.7. The van der Waals surface area contributed by atoms with E-state index in [2.05, 4.69) is 5.32 Å². The predicted molar refractivity (Wildman–Crippen MR) is 121 cm³/mol. The first-order chi connectivity index (χ1) is 14.2. The smallest absolute Gasteiger partial charge is 0.261 e. The molecule has 0 saturated carbocycles. The average Bonchev–Trinajstić information content (AvgIpc) is 2.73. The van der Waals surface area contributed by atoms with Crippen molar-refractivity contribution in [3.05, 3.63) is 64.2 Å². The summed E-state index contributed by atoms with van der Waals surface area (Å²) in [5, 5.41) is 3.58. The second kappa shape index (κ2) is 11.0. The van der Waals surface area contributed by atoms with Crippen LogP contribution in [0, 0.1) is 13.8 Å². The lowest BCUT2D eigenvalue weighted by Crippen LogP contribution is -2.50. The zero-order chi connectivity index (χ0) is 22.3. The Bertz CT molecular complexity index is 867. The number of nitrogens with zero attached hydrogens (tertiary/aromatic N) is 1. The van der Waals surface area contributed by atoms with E-state index in [4.69, 9.17) is 16.3 Å². The monoisotopic (exact) mass is 430 g/mol. The maximum atomic E-state index is 13.1. The molecule has 0 bridgehead atoms. The summed E-state index contributed by atoms with van der Waals surface area (Å²) >= 11 is 5.98. The topological polar surface area (TPSA) is 58.6 Å². The third kappa shape index (κ3) is 6.77. The minimum atomic E-state index is -0.635. The Morgan fingerprint density at radius 3 is 2.40 bits per heavy atom. The number of rotatable bonds is 9. The Labute approximate surface area is 184 Å². The van der Waals surface area contributed by atoms with Gasteiger partial charge in [-0.3, -0.25) is 9.59 Å². The summed E-state index contributed by atoms with van der Waals surface area (Å²) in [6, 6.07) is 12.5. The summed E-state index contributed by atoms with van der Waals surface area (Å²) in [4.78, 5) is 27.3. The van der Waals surface area contributed by atoms with Crippen LogP contribution >= 0.6 is 11.6 Å². The molecule has 2 rings (SSSR count). The number of amides is 2. The van der Waals surface area contributed by atoms with E-state index < -0.39 is 6.04 Å². The number of hydrogen-bond donors (Lipinski definition) is 1. The van der Waals surface area contributed by atoms with Crippen molar-refractivity contribution in [1.82, 2.24) is 10.2 Å². The van der Waals surface area contributed by atoms with Gasteiger partial charge in [-0.15, -0.1) is 0 Å². The fourth-order valence-corrected chi connectivity index (χ4v) is 3.05. The lowest BCUT2D eigenvalue weighted by atomic mass is 10.1. The van der Waals surface area contributed by atoms with E-state index in [9.17, 15) is 9.59 Å². The van der Waals surface area contributed by atoms with Gasteiger partial charge in [0.05, 0.1) is 0 Å². The Morgan fingerprint density at radius 2 is 1.77 bits per heavy atom. The molecule has 0 aliphatic heterocycles. The van der Waals surface area contributed by atoms with Crippen molar-refractivity contribution < 1.29 is 14.3 Å². The zero-order valence-corrected chi connectivity index (χ0v) is 19.1. The third-order valence-electron chi connectivity index (χ3n) is 5.13. The minimum absolute atomic E-state index is 0.0404. The van der Waals surface area contributed by atoms with Crippen LogP contribution in [-0.2, 0) is 16.1 Å². The van der Waals surface area contributed by atoms with Gasteiger partial charge in [0.15, 0.2) is 6.61 Å². The predicted octanol–water partition coefficient (Wildman–Crippen LogP) is 4.67. The first-order valence-corrected chi connectivity index (χ1v) is 10.6. The molecule has 0 fully saturated rings. The van der Waals surface area contributed by atoms with Gasteiger partial charge in [-0.2, -0.15) is 0 Å². The van der Waals surface area contributed by atoms with Crippen LogP contribution in [0.3, 0.4) is 0 Å². The molecule has 162 valence electrons. The highest BCUT2D eigenvalue weighted by molar-refractivity contribution is 6.30. The van der Waals surface area contributed by atoms with Gasteiger partial charge >= 0.3 is 0 Å². The highest BCUT2D eigenvalue weighted by atomic mass is 35.5. The number of ether oxygens (including phenoxy) is 1. The van der Waals surface area contributed by atoms with Gasteiger partial charge in [0, 0.05) is 17.6 Å². The number of carbonyl (C=O) groups excluding carboxylic acids is 2. The molecule has 0 heterocycles. The molecule has 6 heteroatoms. The van der Waals surface area contributed by atoms with Crippen LogP contribution in [0.15, 0.2) is 42.5 Å². The number of nitrogens with one attached hydrogen (secondary N) is 1. The van der Waals surface area contributed by atoms with E-state index in [-0.39, 0.29) is 24.5 Å². The Hall–Kier alpha value is -2.53.